The van der Waals surface area contributed by atoms with E-state index in [2.05, 4.69) is 33.5 Å². The van der Waals surface area contributed by atoms with Crippen LogP contribution in [0, 0.1) is 0 Å². The molecule has 5 nitrogen and oxygen atoms in total. The Labute approximate surface area is 136 Å². The topological polar surface area (TPSA) is 51.0 Å². The van der Waals surface area contributed by atoms with E-state index in [0.717, 1.165) is 43.0 Å². The van der Waals surface area contributed by atoms with Crippen LogP contribution in [0.25, 0.3) is 0 Å². The van der Waals surface area contributed by atoms with Crippen molar-refractivity contribution in [2.75, 3.05) is 0 Å². The van der Waals surface area contributed by atoms with E-state index in [0.29, 0.717) is 5.92 Å². The van der Waals surface area contributed by atoms with Gasteiger partial charge in [-0.1, -0.05) is 32.0 Å². The van der Waals surface area contributed by atoms with Gasteiger partial charge in [-0.3, -0.25) is 4.79 Å². The van der Waals surface area contributed by atoms with Gasteiger partial charge in [0, 0.05) is 30.5 Å². The molecule has 5 heteroatoms. The maximum Gasteiger partial charge on any atom is 0.254 e. The SMILES string of the molecule is CC(C)c1nnc2n1C[C@H]1CC[C@@H](C2)N1C(=O)c1ccccc1. The Balaban J connectivity index is 1.67. The highest BCUT2D eigenvalue weighted by atomic mass is 16.2. The summed E-state index contributed by atoms with van der Waals surface area (Å²) < 4.78 is 2.25. The van der Waals surface area contributed by atoms with Gasteiger partial charge >= 0.3 is 0 Å². The first-order valence-electron chi connectivity index (χ1n) is 8.45. The van der Waals surface area contributed by atoms with E-state index < -0.39 is 0 Å². The van der Waals surface area contributed by atoms with E-state index in [-0.39, 0.29) is 18.0 Å². The smallest absolute Gasteiger partial charge is 0.254 e. The summed E-state index contributed by atoms with van der Waals surface area (Å²) in [6.07, 6.45) is 2.94. The molecule has 1 aromatic heterocycles. The van der Waals surface area contributed by atoms with Crippen molar-refractivity contribution >= 4 is 5.91 Å². The molecule has 0 N–H and O–H groups in total. The summed E-state index contributed by atoms with van der Waals surface area (Å²) in [6.45, 7) is 5.12. The molecular formula is C18H22N4O. The lowest BCUT2D eigenvalue weighted by Crippen LogP contribution is -2.42. The summed E-state index contributed by atoms with van der Waals surface area (Å²) in [6, 6.07) is 10.1. The van der Waals surface area contributed by atoms with Gasteiger partial charge in [0.15, 0.2) is 0 Å². The van der Waals surface area contributed by atoms with Crippen LogP contribution in [0.15, 0.2) is 30.3 Å². The van der Waals surface area contributed by atoms with Gasteiger partial charge in [-0.25, -0.2) is 0 Å². The Bertz CT molecular complexity index is 722. The predicted octanol–water partition coefficient (Wildman–Crippen LogP) is 2.63. The summed E-state index contributed by atoms with van der Waals surface area (Å²) in [4.78, 5) is 15.1. The fourth-order valence-corrected chi connectivity index (χ4v) is 3.95. The van der Waals surface area contributed by atoms with Crippen LogP contribution in [0.3, 0.4) is 0 Å². The highest BCUT2D eigenvalue weighted by Crippen LogP contribution is 2.33. The number of hydrogen-bond acceptors (Lipinski definition) is 3. The number of nitrogens with zero attached hydrogens (tertiary/aromatic N) is 4. The molecule has 0 aliphatic carbocycles. The molecule has 4 rings (SSSR count). The highest BCUT2D eigenvalue weighted by molar-refractivity contribution is 5.94. The quantitative estimate of drug-likeness (QED) is 0.857. The molecule has 23 heavy (non-hydrogen) atoms. The lowest BCUT2D eigenvalue weighted by Gasteiger charge is -2.28. The zero-order chi connectivity index (χ0) is 16.0. The molecule has 2 bridgehead atoms. The minimum atomic E-state index is 0.155. The van der Waals surface area contributed by atoms with Crippen molar-refractivity contribution in [3.8, 4) is 0 Å². The van der Waals surface area contributed by atoms with Crippen molar-refractivity contribution in [2.45, 2.75) is 57.7 Å². The fourth-order valence-electron chi connectivity index (χ4n) is 3.95. The minimum absolute atomic E-state index is 0.155. The van der Waals surface area contributed by atoms with E-state index in [1.54, 1.807) is 0 Å². The van der Waals surface area contributed by atoms with Gasteiger partial charge in [-0.05, 0) is 25.0 Å². The monoisotopic (exact) mass is 310 g/mol. The van der Waals surface area contributed by atoms with Crippen LogP contribution in [0.1, 0.15) is 54.6 Å². The first-order chi connectivity index (χ1) is 11.1. The van der Waals surface area contributed by atoms with Crippen molar-refractivity contribution in [3.63, 3.8) is 0 Å². The van der Waals surface area contributed by atoms with Gasteiger partial charge in [0.2, 0.25) is 0 Å². The molecule has 0 unspecified atom stereocenters. The average Bonchev–Trinajstić information content (AvgIpc) is 3.07. The molecule has 120 valence electrons. The van der Waals surface area contributed by atoms with Gasteiger partial charge < -0.3 is 9.47 Å². The molecule has 3 heterocycles. The lowest BCUT2D eigenvalue weighted by molar-refractivity contribution is 0.0665. The standard InChI is InChI=1S/C18H22N4O/c1-12(2)17-20-19-16-10-14-8-9-15(11-21(16)17)22(14)18(23)13-6-4-3-5-7-13/h3-7,12,14-15H,8-11H2,1-2H3/t14-,15+/m0/s1. The third-order valence-corrected chi connectivity index (χ3v) is 5.06. The zero-order valence-electron chi connectivity index (χ0n) is 13.6. The summed E-state index contributed by atoms with van der Waals surface area (Å²) in [5.41, 5.74) is 0.783. The maximum absolute atomic E-state index is 13.0. The number of aromatic nitrogens is 3. The molecule has 1 amide bonds. The Kier molecular flexibility index (Phi) is 3.43. The van der Waals surface area contributed by atoms with Crippen molar-refractivity contribution < 1.29 is 4.79 Å². The van der Waals surface area contributed by atoms with Gasteiger partial charge in [-0.15, -0.1) is 10.2 Å². The van der Waals surface area contributed by atoms with Gasteiger partial charge in [0.25, 0.3) is 5.91 Å². The van der Waals surface area contributed by atoms with Crippen LogP contribution < -0.4 is 0 Å². The summed E-state index contributed by atoms with van der Waals surface area (Å²) in [7, 11) is 0. The van der Waals surface area contributed by atoms with E-state index in [9.17, 15) is 4.79 Å². The highest BCUT2D eigenvalue weighted by Gasteiger charge is 2.41. The minimum Gasteiger partial charge on any atom is -0.330 e. The van der Waals surface area contributed by atoms with Crippen LogP contribution in [0.2, 0.25) is 0 Å². The first kappa shape index (κ1) is 14.4. The van der Waals surface area contributed by atoms with Crippen LogP contribution in [-0.2, 0) is 13.0 Å². The Morgan fingerprint density at radius 3 is 2.61 bits per heavy atom. The number of amides is 1. The van der Waals surface area contributed by atoms with Crippen molar-refractivity contribution in [3.05, 3.63) is 47.5 Å². The average molecular weight is 310 g/mol. The second kappa shape index (κ2) is 5.48. The van der Waals surface area contributed by atoms with Crippen molar-refractivity contribution in [1.29, 1.82) is 0 Å². The number of rotatable bonds is 2. The lowest BCUT2D eigenvalue weighted by atomic mass is 10.1. The molecule has 2 aliphatic heterocycles. The van der Waals surface area contributed by atoms with E-state index in [1.165, 1.54) is 0 Å². The summed E-state index contributed by atoms with van der Waals surface area (Å²) in [5, 5.41) is 8.77. The third-order valence-electron chi connectivity index (χ3n) is 5.06. The van der Waals surface area contributed by atoms with Crippen molar-refractivity contribution in [2.24, 2.45) is 0 Å². The molecule has 1 aromatic carbocycles. The molecule has 2 aromatic rings. The van der Waals surface area contributed by atoms with Crippen LogP contribution in [0.5, 0.6) is 0 Å². The van der Waals surface area contributed by atoms with Gasteiger partial charge in [-0.2, -0.15) is 0 Å². The second-order valence-corrected chi connectivity index (χ2v) is 6.91. The van der Waals surface area contributed by atoms with E-state index >= 15 is 0 Å². The van der Waals surface area contributed by atoms with Crippen LogP contribution >= 0.6 is 0 Å². The number of hydrogen-bond donors (Lipinski definition) is 0. The maximum atomic E-state index is 13.0. The number of fused-ring (bicyclic) bond motifs is 3. The molecule has 1 fully saturated rings. The number of benzene rings is 1. The van der Waals surface area contributed by atoms with Gasteiger partial charge in [0.1, 0.15) is 11.6 Å². The molecule has 0 radical (unpaired) electrons. The molecule has 2 aliphatic rings. The van der Waals surface area contributed by atoms with Crippen molar-refractivity contribution in [1.82, 2.24) is 19.7 Å². The molecule has 2 atom stereocenters. The summed E-state index contributed by atoms with van der Waals surface area (Å²) >= 11 is 0. The number of carbonyl (C=O) groups excluding carboxylic acids is 1. The number of carbonyl (C=O) groups is 1. The Morgan fingerprint density at radius 2 is 1.87 bits per heavy atom. The molecule has 0 saturated carbocycles. The Hall–Kier alpha value is -2.17. The zero-order valence-corrected chi connectivity index (χ0v) is 13.6. The van der Waals surface area contributed by atoms with Gasteiger partial charge in [0.05, 0.1) is 6.04 Å². The largest absolute Gasteiger partial charge is 0.330 e. The van der Waals surface area contributed by atoms with E-state index in [1.807, 2.05) is 30.3 Å². The second-order valence-electron chi connectivity index (χ2n) is 6.91. The van der Waals surface area contributed by atoms with Crippen LogP contribution in [-0.4, -0.2) is 37.7 Å². The first-order valence-corrected chi connectivity index (χ1v) is 8.45. The molecular weight excluding hydrogens is 288 g/mol. The van der Waals surface area contributed by atoms with E-state index in [4.69, 9.17) is 0 Å². The predicted molar refractivity (Wildman–Crippen MR) is 87.2 cm³/mol. The van der Waals surface area contributed by atoms with Crippen LogP contribution in [0.4, 0.5) is 0 Å². The Morgan fingerprint density at radius 1 is 1.13 bits per heavy atom. The fraction of sp³-hybridized carbons (Fsp3) is 0.500. The third kappa shape index (κ3) is 2.35. The summed E-state index contributed by atoms with van der Waals surface area (Å²) in [5.74, 6) is 2.58. The molecule has 0 spiro atoms. The normalized spacial score (nSPS) is 23.0. The molecule has 1 saturated heterocycles.